The fourth-order valence-electron chi connectivity index (χ4n) is 2.75. The van der Waals surface area contributed by atoms with Gasteiger partial charge in [0.1, 0.15) is 12.4 Å². The van der Waals surface area contributed by atoms with Crippen LogP contribution in [-0.4, -0.2) is 38.8 Å². The molecule has 2 aromatic heterocycles. The number of fused-ring (bicyclic) bond motifs is 1. The molecule has 138 valence electrons. The van der Waals surface area contributed by atoms with E-state index in [0.717, 1.165) is 62.2 Å². The maximum absolute atomic E-state index is 4.64. The van der Waals surface area contributed by atoms with Crippen molar-refractivity contribution in [1.29, 1.82) is 0 Å². The van der Waals surface area contributed by atoms with Gasteiger partial charge in [0.2, 0.25) is 0 Å². The Morgan fingerprint density at radius 3 is 2.84 bits per heavy atom. The highest BCUT2D eigenvalue weighted by Gasteiger charge is 2.16. The molecule has 7 nitrogen and oxygen atoms in total. The summed E-state index contributed by atoms with van der Waals surface area (Å²) in [6.07, 6.45) is 3.10. The predicted octanol–water partition coefficient (Wildman–Crippen LogP) is 2.21. The van der Waals surface area contributed by atoms with Crippen molar-refractivity contribution < 1.29 is 0 Å². The molecule has 0 unspecified atom stereocenters. The zero-order valence-corrected chi connectivity index (χ0v) is 18.1. The minimum atomic E-state index is 0. The molecule has 0 spiro atoms. The molecule has 0 amide bonds. The van der Waals surface area contributed by atoms with Gasteiger partial charge in [0.05, 0.1) is 10.7 Å². The van der Waals surface area contributed by atoms with Crippen molar-refractivity contribution in [1.82, 2.24) is 30.4 Å². The van der Waals surface area contributed by atoms with Crippen LogP contribution in [0, 0.1) is 13.8 Å². The van der Waals surface area contributed by atoms with Gasteiger partial charge in [-0.1, -0.05) is 0 Å². The highest BCUT2D eigenvalue weighted by atomic mass is 127. The number of hydrogen-bond donors (Lipinski definition) is 2. The number of aromatic nitrogens is 4. The Kier molecular flexibility index (Phi) is 7.60. The molecule has 0 aromatic carbocycles. The minimum Gasteiger partial charge on any atom is -0.357 e. The van der Waals surface area contributed by atoms with Crippen LogP contribution in [0.25, 0.3) is 0 Å². The van der Waals surface area contributed by atoms with Gasteiger partial charge in [-0.25, -0.2) is 9.98 Å². The molecule has 1 aliphatic rings. The van der Waals surface area contributed by atoms with Crippen molar-refractivity contribution in [2.24, 2.45) is 4.99 Å². The minimum absolute atomic E-state index is 0. The van der Waals surface area contributed by atoms with E-state index < -0.39 is 0 Å². The van der Waals surface area contributed by atoms with Gasteiger partial charge < -0.3 is 15.2 Å². The van der Waals surface area contributed by atoms with Crippen molar-refractivity contribution >= 4 is 41.3 Å². The maximum atomic E-state index is 4.64. The molecule has 3 rings (SSSR count). The summed E-state index contributed by atoms with van der Waals surface area (Å²) < 4.78 is 2.19. The SMILES string of the molecule is CCNC(=NCc1nnc2n1CCC2)NCCc1nc(C)c(C)s1.I. The molecule has 2 N–H and O–H groups in total. The summed E-state index contributed by atoms with van der Waals surface area (Å²) >= 11 is 1.77. The Morgan fingerprint density at radius 1 is 1.28 bits per heavy atom. The number of guanidine groups is 1. The third-order valence-electron chi connectivity index (χ3n) is 4.11. The van der Waals surface area contributed by atoms with Crippen molar-refractivity contribution in [3.05, 3.63) is 27.2 Å². The number of rotatable bonds is 6. The van der Waals surface area contributed by atoms with Crippen LogP contribution in [0.1, 0.15) is 40.6 Å². The van der Waals surface area contributed by atoms with Crippen molar-refractivity contribution in [3.8, 4) is 0 Å². The summed E-state index contributed by atoms with van der Waals surface area (Å²) in [4.78, 5) is 10.5. The molecule has 1 aliphatic heterocycles. The summed E-state index contributed by atoms with van der Waals surface area (Å²) in [6, 6.07) is 0. The average Bonchev–Trinajstić information content (AvgIpc) is 3.23. The smallest absolute Gasteiger partial charge is 0.191 e. The quantitative estimate of drug-likeness (QED) is 0.381. The zero-order chi connectivity index (χ0) is 16.9. The molecule has 9 heteroatoms. The molecule has 0 bridgehead atoms. The van der Waals surface area contributed by atoms with Crippen LogP contribution in [0.3, 0.4) is 0 Å². The highest BCUT2D eigenvalue weighted by Crippen LogP contribution is 2.16. The van der Waals surface area contributed by atoms with Crippen LogP contribution in [0.15, 0.2) is 4.99 Å². The molecule has 25 heavy (non-hydrogen) atoms. The van der Waals surface area contributed by atoms with Crippen LogP contribution >= 0.6 is 35.3 Å². The van der Waals surface area contributed by atoms with E-state index in [9.17, 15) is 0 Å². The molecule has 0 saturated heterocycles. The van der Waals surface area contributed by atoms with Gasteiger partial charge in [-0.15, -0.1) is 45.5 Å². The maximum Gasteiger partial charge on any atom is 0.191 e. The third kappa shape index (κ3) is 5.13. The standard InChI is InChI=1S/C16H25N7S.HI/c1-4-17-16(18-8-7-15-20-11(2)12(3)24-15)19-10-14-22-21-13-6-5-9-23(13)14;/h4-10H2,1-3H3,(H2,17,18,19);1H. The number of nitrogens with zero attached hydrogens (tertiary/aromatic N) is 5. The van der Waals surface area contributed by atoms with E-state index in [0.29, 0.717) is 6.54 Å². The molecule has 2 aromatic rings. The van der Waals surface area contributed by atoms with Crippen molar-refractivity contribution in [3.63, 3.8) is 0 Å². The average molecular weight is 475 g/mol. The van der Waals surface area contributed by atoms with Crippen molar-refractivity contribution in [2.45, 2.75) is 53.1 Å². The highest BCUT2D eigenvalue weighted by molar-refractivity contribution is 14.0. The van der Waals surface area contributed by atoms with Crippen LogP contribution < -0.4 is 10.6 Å². The lowest BCUT2D eigenvalue weighted by atomic mass is 10.4. The van der Waals surface area contributed by atoms with Crippen LogP contribution in [0.5, 0.6) is 0 Å². The van der Waals surface area contributed by atoms with Gasteiger partial charge >= 0.3 is 0 Å². The van der Waals surface area contributed by atoms with Gasteiger partial charge in [0.25, 0.3) is 0 Å². The van der Waals surface area contributed by atoms with Crippen molar-refractivity contribution in [2.75, 3.05) is 13.1 Å². The Balaban J connectivity index is 0.00000225. The van der Waals surface area contributed by atoms with Gasteiger partial charge in [-0.2, -0.15) is 0 Å². The summed E-state index contributed by atoms with van der Waals surface area (Å²) in [7, 11) is 0. The molecule has 0 saturated carbocycles. The van der Waals surface area contributed by atoms with E-state index in [4.69, 9.17) is 0 Å². The second-order valence-electron chi connectivity index (χ2n) is 5.91. The topological polar surface area (TPSA) is 80.0 Å². The van der Waals surface area contributed by atoms with Gasteiger partial charge in [0.15, 0.2) is 11.8 Å². The summed E-state index contributed by atoms with van der Waals surface area (Å²) in [6.45, 7) is 9.46. The third-order valence-corrected chi connectivity index (χ3v) is 5.25. The Morgan fingerprint density at radius 2 is 2.12 bits per heavy atom. The Labute approximate surface area is 169 Å². The van der Waals surface area contributed by atoms with E-state index in [1.54, 1.807) is 11.3 Å². The normalized spacial score (nSPS) is 13.5. The molecular formula is C16H26IN7S. The van der Waals surface area contributed by atoms with E-state index in [1.807, 2.05) is 0 Å². The number of aliphatic imine (C=N–C) groups is 1. The van der Waals surface area contributed by atoms with E-state index in [-0.39, 0.29) is 24.0 Å². The fraction of sp³-hybridized carbons (Fsp3) is 0.625. The molecule has 0 atom stereocenters. The van der Waals surface area contributed by atoms with Crippen LogP contribution in [-0.2, 0) is 25.9 Å². The zero-order valence-electron chi connectivity index (χ0n) is 15.0. The summed E-state index contributed by atoms with van der Waals surface area (Å²) in [5, 5.41) is 16.3. The summed E-state index contributed by atoms with van der Waals surface area (Å²) in [5.74, 6) is 2.86. The van der Waals surface area contributed by atoms with E-state index in [1.165, 1.54) is 9.88 Å². The first-order chi connectivity index (χ1) is 11.7. The molecular weight excluding hydrogens is 449 g/mol. The number of hydrogen-bond acceptors (Lipinski definition) is 5. The lowest BCUT2D eigenvalue weighted by molar-refractivity contribution is 0.684. The largest absolute Gasteiger partial charge is 0.357 e. The Bertz CT molecular complexity index is 703. The van der Waals surface area contributed by atoms with Crippen LogP contribution in [0.4, 0.5) is 0 Å². The van der Waals surface area contributed by atoms with Gasteiger partial charge in [-0.05, 0) is 27.2 Å². The van der Waals surface area contributed by atoms with E-state index in [2.05, 4.69) is 56.1 Å². The molecule has 0 fully saturated rings. The number of thiazole rings is 1. The lowest BCUT2D eigenvalue weighted by Gasteiger charge is -2.10. The van der Waals surface area contributed by atoms with Crippen LogP contribution in [0.2, 0.25) is 0 Å². The number of nitrogens with one attached hydrogen (secondary N) is 2. The first-order valence-electron chi connectivity index (χ1n) is 8.53. The van der Waals surface area contributed by atoms with Gasteiger partial charge in [0, 0.05) is 37.4 Å². The monoisotopic (exact) mass is 475 g/mol. The predicted molar refractivity (Wildman–Crippen MR) is 112 cm³/mol. The Hall–Kier alpha value is -1.23. The molecule has 0 aliphatic carbocycles. The molecule has 0 radical (unpaired) electrons. The first kappa shape index (κ1) is 20.1. The van der Waals surface area contributed by atoms with Gasteiger partial charge in [-0.3, -0.25) is 0 Å². The second kappa shape index (κ2) is 9.46. The summed E-state index contributed by atoms with van der Waals surface area (Å²) in [5.41, 5.74) is 1.14. The molecule has 3 heterocycles. The fourth-order valence-corrected chi connectivity index (χ4v) is 3.69. The second-order valence-corrected chi connectivity index (χ2v) is 7.20. The number of halogens is 1. The number of aryl methyl sites for hydroxylation is 3. The lowest BCUT2D eigenvalue weighted by Crippen LogP contribution is -2.38. The van der Waals surface area contributed by atoms with E-state index >= 15 is 0 Å². The first-order valence-corrected chi connectivity index (χ1v) is 9.35.